The van der Waals surface area contributed by atoms with Crippen molar-refractivity contribution in [2.75, 3.05) is 20.8 Å². The second kappa shape index (κ2) is 6.86. The van der Waals surface area contributed by atoms with Gasteiger partial charge in [-0.1, -0.05) is 12.1 Å². The Kier molecular flexibility index (Phi) is 5.45. The third-order valence-electron chi connectivity index (χ3n) is 2.82. The van der Waals surface area contributed by atoms with E-state index < -0.39 is 0 Å². The van der Waals surface area contributed by atoms with Gasteiger partial charge in [0.15, 0.2) is 0 Å². The summed E-state index contributed by atoms with van der Waals surface area (Å²) >= 11 is 0. The van der Waals surface area contributed by atoms with Crippen molar-refractivity contribution in [3.63, 3.8) is 0 Å². The minimum atomic E-state index is -0.209. The molecular weight excluding hydrogens is 232 g/mol. The summed E-state index contributed by atoms with van der Waals surface area (Å²) in [4.78, 5) is 13.2. The average Bonchev–Trinajstić information content (AvgIpc) is 2.43. The lowest BCUT2D eigenvalue weighted by molar-refractivity contribution is 0.157. The summed E-state index contributed by atoms with van der Waals surface area (Å²) in [6.07, 6.45) is 0. The molecule has 0 aliphatic heterocycles. The fourth-order valence-corrected chi connectivity index (χ4v) is 1.41. The molecule has 0 saturated heterocycles. The van der Waals surface area contributed by atoms with E-state index in [0.29, 0.717) is 6.54 Å². The Bertz CT molecular complexity index is 396. The first-order valence-electron chi connectivity index (χ1n) is 5.83. The van der Waals surface area contributed by atoms with E-state index in [1.54, 1.807) is 21.1 Å². The summed E-state index contributed by atoms with van der Waals surface area (Å²) in [5, 5.41) is 11.8. The lowest BCUT2D eigenvalue weighted by Crippen LogP contribution is -2.43. The van der Waals surface area contributed by atoms with Gasteiger partial charge in [0.05, 0.1) is 19.8 Å². The van der Waals surface area contributed by atoms with Gasteiger partial charge in [0, 0.05) is 13.6 Å². The molecule has 2 amide bonds. The zero-order valence-corrected chi connectivity index (χ0v) is 11.0. The molecule has 0 fully saturated rings. The van der Waals surface area contributed by atoms with E-state index >= 15 is 0 Å². The fraction of sp³-hybridized carbons (Fsp3) is 0.462. The quantitative estimate of drug-likeness (QED) is 0.828. The van der Waals surface area contributed by atoms with Crippen molar-refractivity contribution in [1.29, 1.82) is 0 Å². The second-order valence-electron chi connectivity index (χ2n) is 4.15. The molecule has 0 aliphatic carbocycles. The Hall–Kier alpha value is -1.75. The number of amides is 2. The van der Waals surface area contributed by atoms with Crippen LogP contribution < -0.4 is 10.1 Å². The summed E-state index contributed by atoms with van der Waals surface area (Å²) < 4.78 is 5.11. The number of carbonyl (C=O) groups excluding carboxylic acids is 1. The van der Waals surface area contributed by atoms with E-state index in [9.17, 15) is 4.79 Å². The lowest BCUT2D eigenvalue weighted by Gasteiger charge is -2.23. The number of likely N-dealkylation sites (N-methyl/N-ethyl adjacent to an activating group) is 1. The molecule has 1 atom stereocenters. The summed E-state index contributed by atoms with van der Waals surface area (Å²) in [7, 11) is 3.26. The highest BCUT2D eigenvalue weighted by molar-refractivity contribution is 5.74. The topological polar surface area (TPSA) is 61.8 Å². The molecule has 1 aromatic rings. The summed E-state index contributed by atoms with van der Waals surface area (Å²) in [5.74, 6) is 0.763. The molecule has 2 N–H and O–H groups in total. The Balaban J connectivity index is 2.51. The lowest BCUT2D eigenvalue weighted by atomic mass is 10.2. The number of ether oxygens (including phenoxy) is 1. The van der Waals surface area contributed by atoms with Crippen molar-refractivity contribution in [3.05, 3.63) is 29.8 Å². The van der Waals surface area contributed by atoms with Crippen LogP contribution in [0.4, 0.5) is 4.79 Å². The Labute approximate surface area is 107 Å². The minimum Gasteiger partial charge on any atom is -0.497 e. The van der Waals surface area contributed by atoms with Crippen LogP contribution in [-0.2, 0) is 6.54 Å². The third kappa shape index (κ3) is 3.92. The number of hydrogen-bond donors (Lipinski definition) is 2. The molecule has 5 heteroatoms. The largest absolute Gasteiger partial charge is 0.497 e. The van der Waals surface area contributed by atoms with Crippen molar-refractivity contribution in [2.24, 2.45) is 0 Å². The van der Waals surface area contributed by atoms with Gasteiger partial charge in [-0.05, 0) is 24.6 Å². The molecule has 0 aromatic heterocycles. The Morgan fingerprint density at radius 1 is 1.56 bits per heavy atom. The molecule has 0 spiro atoms. The van der Waals surface area contributed by atoms with Crippen LogP contribution in [0.5, 0.6) is 5.75 Å². The van der Waals surface area contributed by atoms with Crippen molar-refractivity contribution in [2.45, 2.75) is 19.5 Å². The number of carbonyl (C=O) groups is 1. The number of rotatable bonds is 5. The second-order valence-corrected chi connectivity index (χ2v) is 4.15. The van der Waals surface area contributed by atoms with E-state index in [0.717, 1.165) is 11.3 Å². The Morgan fingerprint density at radius 2 is 2.28 bits per heavy atom. The van der Waals surface area contributed by atoms with Gasteiger partial charge in [0.25, 0.3) is 0 Å². The molecular formula is C13H20N2O3. The van der Waals surface area contributed by atoms with Crippen molar-refractivity contribution in [1.82, 2.24) is 10.2 Å². The summed E-state index contributed by atoms with van der Waals surface area (Å²) in [6.45, 7) is 2.16. The molecule has 1 rings (SSSR count). The highest BCUT2D eigenvalue weighted by atomic mass is 16.5. The van der Waals surface area contributed by atoms with Crippen LogP contribution in [0.2, 0.25) is 0 Å². The number of methoxy groups -OCH3 is 1. The van der Waals surface area contributed by atoms with E-state index in [2.05, 4.69) is 5.32 Å². The van der Waals surface area contributed by atoms with Gasteiger partial charge >= 0.3 is 6.03 Å². The molecule has 0 saturated carbocycles. The number of aliphatic hydroxyl groups excluding tert-OH is 1. The SMILES string of the molecule is COc1cccc(CNC(=O)N(C)C(C)CO)c1. The zero-order chi connectivity index (χ0) is 13.5. The van der Waals surface area contributed by atoms with Crippen LogP contribution in [-0.4, -0.2) is 42.8 Å². The van der Waals surface area contributed by atoms with E-state index in [-0.39, 0.29) is 18.7 Å². The Morgan fingerprint density at radius 3 is 2.89 bits per heavy atom. The van der Waals surface area contributed by atoms with Crippen LogP contribution in [0.25, 0.3) is 0 Å². The minimum absolute atomic E-state index is 0.0525. The molecule has 100 valence electrons. The molecule has 0 aliphatic rings. The maximum absolute atomic E-state index is 11.7. The van der Waals surface area contributed by atoms with Crippen LogP contribution in [0.1, 0.15) is 12.5 Å². The summed E-state index contributed by atoms with van der Waals surface area (Å²) in [5.41, 5.74) is 0.966. The van der Waals surface area contributed by atoms with E-state index in [4.69, 9.17) is 9.84 Å². The fourth-order valence-electron chi connectivity index (χ4n) is 1.41. The standard InChI is InChI=1S/C13H20N2O3/c1-10(9-16)15(2)13(17)14-8-11-5-4-6-12(7-11)18-3/h4-7,10,16H,8-9H2,1-3H3,(H,14,17). The highest BCUT2D eigenvalue weighted by Gasteiger charge is 2.13. The molecule has 0 heterocycles. The molecule has 0 radical (unpaired) electrons. The number of hydrogen-bond acceptors (Lipinski definition) is 3. The third-order valence-corrected chi connectivity index (χ3v) is 2.82. The van der Waals surface area contributed by atoms with E-state index in [1.807, 2.05) is 24.3 Å². The van der Waals surface area contributed by atoms with Gasteiger partial charge in [-0.3, -0.25) is 0 Å². The normalized spacial score (nSPS) is 11.8. The molecule has 1 unspecified atom stereocenters. The van der Waals surface area contributed by atoms with Gasteiger partial charge in [-0.25, -0.2) is 4.79 Å². The highest BCUT2D eigenvalue weighted by Crippen LogP contribution is 2.12. The van der Waals surface area contributed by atoms with Gasteiger partial charge in [0.1, 0.15) is 5.75 Å². The number of benzene rings is 1. The maximum atomic E-state index is 11.7. The molecule has 1 aromatic carbocycles. The van der Waals surface area contributed by atoms with Gasteiger partial charge < -0.3 is 20.1 Å². The summed E-state index contributed by atoms with van der Waals surface area (Å²) in [6, 6.07) is 7.11. The van der Waals surface area contributed by atoms with Crippen molar-refractivity contribution in [3.8, 4) is 5.75 Å². The number of nitrogens with one attached hydrogen (secondary N) is 1. The molecule has 5 nitrogen and oxygen atoms in total. The van der Waals surface area contributed by atoms with E-state index in [1.165, 1.54) is 4.90 Å². The zero-order valence-electron chi connectivity index (χ0n) is 11.0. The predicted octanol–water partition coefficient (Wildman–Crippen LogP) is 1.22. The van der Waals surface area contributed by atoms with Crippen LogP contribution >= 0.6 is 0 Å². The predicted molar refractivity (Wildman–Crippen MR) is 69.5 cm³/mol. The van der Waals surface area contributed by atoms with Crippen molar-refractivity contribution < 1.29 is 14.6 Å². The van der Waals surface area contributed by atoms with Gasteiger partial charge in [-0.15, -0.1) is 0 Å². The molecule has 18 heavy (non-hydrogen) atoms. The van der Waals surface area contributed by atoms with Crippen LogP contribution in [0.15, 0.2) is 24.3 Å². The first kappa shape index (κ1) is 14.3. The number of aliphatic hydroxyl groups is 1. The first-order valence-corrected chi connectivity index (χ1v) is 5.83. The maximum Gasteiger partial charge on any atom is 0.317 e. The molecule has 0 bridgehead atoms. The van der Waals surface area contributed by atoms with Crippen LogP contribution in [0.3, 0.4) is 0 Å². The smallest absolute Gasteiger partial charge is 0.317 e. The number of nitrogens with zero attached hydrogens (tertiary/aromatic N) is 1. The number of urea groups is 1. The van der Waals surface area contributed by atoms with Gasteiger partial charge in [0.2, 0.25) is 0 Å². The van der Waals surface area contributed by atoms with Crippen LogP contribution in [0, 0.1) is 0 Å². The van der Waals surface area contributed by atoms with Crippen molar-refractivity contribution >= 4 is 6.03 Å². The first-order chi connectivity index (χ1) is 8.58. The average molecular weight is 252 g/mol. The van der Waals surface area contributed by atoms with Gasteiger partial charge in [-0.2, -0.15) is 0 Å². The monoisotopic (exact) mass is 252 g/mol.